The molecule has 0 aliphatic heterocycles. The van der Waals surface area contributed by atoms with Crippen LogP contribution < -0.4 is 5.32 Å². The highest BCUT2D eigenvalue weighted by Crippen LogP contribution is 2.05. The van der Waals surface area contributed by atoms with Crippen molar-refractivity contribution in [2.24, 2.45) is 0 Å². The molecule has 0 aliphatic rings. The van der Waals surface area contributed by atoms with Gasteiger partial charge in [-0.25, -0.2) is 0 Å². The Kier molecular flexibility index (Phi) is 6.19. The molecule has 0 bridgehead atoms. The second-order valence-electron chi connectivity index (χ2n) is 4.47. The average molecular weight is 237 g/mol. The van der Waals surface area contributed by atoms with E-state index in [1.165, 1.54) is 5.56 Å². The molecular weight excluding hydrogens is 214 g/mol. The number of methoxy groups -OCH3 is 1. The van der Waals surface area contributed by atoms with Crippen LogP contribution in [0.25, 0.3) is 0 Å². The summed E-state index contributed by atoms with van der Waals surface area (Å²) in [7, 11) is 1.70. The van der Waals surface area contributed by atoms with Gasteiger partial charge in [-0.2, -0.15) is 0 Å². The van der Waals surface area contributed by atoms with E-state index in [9.17, 15) is 5.11 Å². The Labute approximate surface area is 104 Å². The van der Waals surface area contributed by atoms with Crippen LogP contribution in [0.15, 0.2) is 30.3 Å². The lowest BCUT2D eigenvalue weighted by Crippen LogP contribution is -2.45. The largest absolute Gasteiger partial charge is 0.395 e. The van der Waals surface area contributed by atoms with Crippen LogP contribution in [0.5, 0.6) is 0 Å². The quantitative estimate of drug-likeness (QED) is 0.757. The number of hydrogen-bond donors (Lipinski definition) is 2. The van der Waals surface area contributed by atoms with Gasteiger partial charge in [0, 0.05) is 19.2 Å². The van der Waals surface area contributed by atoms with Gasteiger partial charge in [-0.15, -0.1) is 0 Å². The highest BCUT2D eigenvalue weighted by atomic mass is 16.5. The summed E-state index contributed by atoms with van der Waals surface area (Å²) >= 11 is 0. The van der Waals surface area contributed by atoms with Crippen LogP contribution in [0.2, 0.25) is 0 Å². The van der Waals surface area contributed by atoms with E-state index in [0.717, 1.165) is 6.42 Å². The van der Waals surface area contributed by atoms with E-state index in [1.54, 1.807) is 7.11 Å². The monoisotopic (exact) mass is 237 g/mol. The first-order chi connectivity index (χ1) is 8.17. The first-order valence-corrected chi connectivity index (χ1v) is 6.11. The van der Waals surface area contributed by atoms with E-state index >= 15 is 0 Å². The van der Waals surface area contributed by atoms with Gasteiger partial charge >= 0.3 is 0 Å². The van der Waals surface area contributed by atoms with Crippen molar-refractivity contribution < 1.29 is 9.84 Å². The van der Waals surface area contributed by atoms with Crippen LogP contribution in [-0.2, 0) is 11.2 Å². The number of aliphatic hydroxyl groups excluding tert-OH is 1. The fourth-order valence-electron chi connectivity index (χ4n) is 1.79. The van der Waals surface area contributed by atoms with Gasteiger partial charge in [0.15, 0.2) is 0 Å². The Morgan fingerprint density at radius 3 is 2.41 bits per heavy atom. The average Bonchev–Trinajstić information content (AvgIpc) is 2.38. The highest BCUT2D eigenvalue weighted by Gasteiger charge is 2.16. The Balaban J connectivity index is 2.49. The second kappa shape index (κ2) is 7.43. The fourth-order valence-corrected chi connectivity index (χ4v) is 1.79. The molecule has 3 nitrogen and oxygen atoms in total. The van der Waals surface area contributed by atoms with Crippen LogP contribution in [0.1, 0.15) is 19.4 Å². The van der Waals surface area contributed by atoms with Crippen molar-refractivity contribution in [3.8, 4) is 0 Å². The van der Waals surface area contributed by atoms with Crippen molar-refractivity contribution >= 4 is 0 Å². The Morgan fingerprint density at radius 2 is 1.88 bits per heavy atom. The molecule has 17 heavy (non-hydrogen) atoms. The van der Waals surface area contributed by atoms with Crippen LogP contribution in [0.3, 0.4) is 0 Å². The van der Waals surface area contributed by atoms with Gasteiger partial charge < -0.3 is 15.2 Å². The van der Waals surface area contributed by atoms with E-state index in [2.05, 4.69) is 24.4 Å². The molecule has 0 fully saturated rings. The summed E-state index contributed by atoms with van der Waals surface area (Å²) in [5.74, 6) is 0. The Bertz CT molecular complexity index is 302. The van der Waals surface area contributed by atoms with Crippen LogP contribution in [-0.4, -0.2) is 37.0 Å². The minimum Gasteiger partial charge on any atom is -0.395 e. The third kappa shape index (κ3) is 4.86. The number of hydrogen-bond acceptors (Lipinski definition) is 3. The van der Waals surface area contributed by atoms with Crippen LogP contribution in [0.4, 0.5) is 0 Å². The molecule has 0 saturated carbocycles. The van der Waals surface area contributed by atoms with Gasteiger partial charge in [0.05, 0.1) is 12.7 Å². The third-order valence-electron chi connectivity index (χ3n) is 3.12. The lowest BCUT2D eigenvalue weighted by molar-refractivity contribution is 0.0797. The van der Waals surface area contributed by atoms with Gasteiger partial charge in [0.2, 0.25) is 0 Å². The summed E-state index contributed by atoms with van der Waals surface area (Å²) in [4.78, 5) is 0. The van der Waals surface area contributed by atoms with E-state index in [0.29, 0.717) is 0 Å². The van der Waals surface area contributed by atoms with Gasteiger partial charge in [-0.3, -0.25) is 0 Å². The van der Waals surface area contributed by atoms with E-state index < -0.39 is 0 Å². The van der Waals surface area contributed by atoms with Gasteiger partial charge in [0.1, 0.15) is 0 Å². The standard InChI is InChI=1S/C14H23NO2/c1-11(12(2)17-3)15-14(10-16)9-13-7-5-4-6-8-13/h4-8,11-12,14-16H,9-10H2,1-3H3/t11?,12?,14-/m0/s1. The first-order valence-electron chi connectivity index (χ1n) is 6.11. The van der Waals surface area contributed by atoms with Gasteiger partial charge in [-0.05, 0) is 25.8 Å². The molecule has 2 N–H and O–H groups in total. The number of rotatable bonds is 7. The molecule has 3 heteroatoms. The molecule has 0 aliphatic carbocycles. The molecule has 1 rings (SSSR count). The first kappa shape index (κ1) is 14.2. The summed E-state index contributed by atoms with van der Waals surface area (Å²) in [6, 6.07) is 10.5. The maximum absolute atomic E-state index is 9.39. The number of benzene rings is 1. The Hall–Kier alpha value is -0.900. The predicted octanol–water partition coefficient (Wildman–Crippen LogP) is 1.60. The summed E-state index contributed by atoms with van der Waals surface area (Å²) in [6.07, 6.45) is 0.970. The molecule has 1 aromatic carbocycles. The molecule has 96 valence electrons. The van der Waals surface area contributed by atoms with Crippen LogP contribution >= 0.6 is 0 Å². The van der Waals surface area contributed by atoms with Gasteiger partial charge in [0.25, 0.3) is 0 Å². The minimum atomic E-state index is 0.0741. The van der Waals surface area contributed by atoms with E-state index in [-0.39, 0.29) is 24.8 Å². The van der Waals surface area contributed by atoms with Crippen molar-refractivity contribution in [3.63, 3.8) is 0 Å². The minimum absolute atomic E-state index is 0.0741. The van der Waals surface area contributed by atoms with Crippen LogP contribution in [0, 0.1) is 0 Å². The molecule has 0 heterocycles. The lowest BCUT2D eigenvalue weighted by Gasteiger charge is -2.25. The number of aliphatic hydroxyl groups is 1. The Morgan fingerprint density at radius 1 is 1.24 bits per heavy atom. The zero-order valence-electron chi connectivity index (χ0n) is 10.9. The molecule has 0 radical (unpaired) electrons. The van der Waals surface area contributed by atoms with Crippen molar-refractivity contribution in [3.05, 3.63) is 35.9 Å². The van der Waals surface area contributed by atoms with Crippen molar-refractivity contribution in [2.45, 2.75) is 38.5 Å². The lowest BCUT2D eigenvalue weighted by atomic mass is 10.0. The fraction of sp³-hybridized carbons (Fsp3) is 0.571. The molecule has 0 aromatic heterocycles. The molecule has 0 saturated heterocycles. The SMILES string of the molecule is COC(C)C(C)N[C@H](CO)Cc1ccccc1. The number of nitrogens with one attached hydrogen (secondary N) is 1. The third-order valence-corrected chi connectivity index (χ3v) is 3.12. The predicted molar refractivity (Wildman–Crippen MR) is 70.1 cm³/mol. The molecule has 0 spiro atoms. The topological polar surface area (TPSA) is 41.5 Å². The molecule has 1 aromatic rings. The summed E-state index contributed by atoms with van der Waals surface area (Å²) in [5.41, 5.74) is 1.23. The molecular formula is C14H23NO2. The molecule has 3 atom stereocenters. The van der Waals surface area contributed by atoms with E-state index in [4.69, 9.17) is 4.74 Å². The summed E-state index contributed by atoms with van der Waals surface area (Å²) in [6.45, 7) is 4.23. The summed E-state index contributed by atoms with van der Waals surface area (Å²) in [5, 5.41) is 12.8. The van der Waals surface area contributed by atoms with Crippen molar-refractivity contribution in [1.29, 1.82) is 0 Å². The maximum atomic E-state index is 9.39. The van der Waals surface area contributed by atoms with Gasteiger partial charge in [-0.1, -0.05) is 30.3 Å². The highest BCUT2D eigenvalue weighted by molar-refractivity contribution is 5.15. The van der Waals surface area contributed by atoms with Crippen molar-refractivity contribution in [2.75, 3.05) is 13.7 Å². The maximum Gasteiger partial charge on any atom is 0.0693 e. The van der Waals surface area contributed by atoms with Crippen molar-refractivity contribution in [1.82, 2.24) is 5.32 Å². The smallest absolute Gasteiger partial charge is 0.0693 e. The second-order valence-corrected chi connectivity index (χ2v) is 4.47. The zero-order chi connectivity index (χ0) is 12.7. The summed E-state index contributed by atoms with van der Waals surface area (Å²) < 4.78 is 5.26. The molecule has 2 unspecified atom stereocenters. The number of ether oxygens (including phenoxy) is 1. The normalized spacial score (nSPS) is 16.5. The van der Waals surface area contributed by atoms with E-state index in [1.807, 2.05) is 25.1 Å². The zero-order valence-corrected chi connectivity index (χ0v) is 10.9. The molecule has 0 amide bonds.